The summed E-state index contributed by atoms with van der Waals surface area (Å²) in [4.78, 5) is 28.1. The van der Waals surface area contributed by atoms with Crippen molar-refractivity contribution in [1.82, 2.24) is 19.8 Å². The number of amides is 1. The number of aromatic nitrogens is 2. The standard InChI is InChI=1S/C28H39N7O2/c1-28(2,3)37-27(36)35-15-13-34(14-16-35)26-10-7-20(19-31-26)24-18-25(30-11-6-12-33(4)5)22-17-21(29)8-9-23(22)32-24/h7-10,17-19H,6,11-16,29H2,1-5H3,(H,30,32). The van der Waals surface area contributed by atoms with Gasteiger partial charge in [0.05, 0.1) is 11.2 Å². The lowest BCUT2D eigenvalue weighted by atomic mass is 10.1. The fourth-order valence-corrected chi connectivity index (χ4v) is 4.33. The van der Waals surface area contributed by atoms with Crippen LogP contribution in [0, 0.1) is 0 Å². The van der Waals surface area contributed by atoms with Crippen molar-refractivity contribution in [3.8, 4) is 11.3 Å². The van der Waals surface area contributed by atoms with E-state index in [1.165, 1.54) is 0 Å². The molecule has 1 aliphatic rings. The number of anilines is 3. The summed E-state index contributed by atoms with van der Waals surface area (Å²) < 4.78 is 5.50. The number of carbonyl (C=O) groups is 1. The fourth-order valence-electron chi connectivity index (χ4n) is 4.33. The Balaban J connectivity index is 1.47. The van der Waals surface area contributed by atoms with Crippen LogP contribution in [0.3, 0.4) is 0 Å². The van der Waals surface area contributed by atoms with Crippen LogP contribution in [0.4, 0.5) is 22.0 Å². The number of pyridine rings is 2. The predicted octanol–water partition coefficient (Wildman–Crippen LogP) is 4.30. The van der Waals surface area contributed by atoms with Crippen LogP contribution >= 0.6 is 0 Å². The first-order valence-corrected chi connectivity index (χ1v) is 12.9. The maximum Gasteiger partial charge on any atom is 0.410 e. The Morgan fingerprint density at radius 2 is 1.86 bits per heavy atom. The van der Waals surface area contributed by atoms with Gasteiger partial charge in [0.15, 0.2) is 0 Å². The number of nitrogens with one attached hydrogen (secondary N) is 1. The van der Waals surface area contributed by atoms with Gasteiger partial charge >= 0.3 is 6.09 Å². The summed E-state index contributed by atoms with van der Waals surface area (Å²) in [6.45, 7) is 10.2. The number of ether oxygens (including phenoxy) is 1. The van der Waals surface area contributed by atoms with Gasteiger partial charge in [-0.3, -0.25) is 0 Å². The van der Waals surface area contributed by atoms with Gasteiger partial charge in [-0.15, -0.1) is 0 Å². The third-order valence-corrected chi connectivity index (χ3v) is 6.23. The summed E-state index contributed by atoms with van der Waals surface area (Å²) in [7, 11) is 4.16. The van der Waals surface area contributed by atoms with Crippen LogP contribution in [0.1, 0.15) is 27.2 Å². The van der Waals surface area contributed by atoms with Crippen LogP contribution in [0.2, 0.25) is 0 Å². The number of rotatable bonds is 7. The van der Waals surface area contributed by atoms with Crippen molar-refractivity contribution >= 4 is 34.2 Å². The van der Waals surface area contributed by atoms with Crippen LogP contribution in [0.5, 0.6) is 0 Å². The molecule has 1 amide bonds. The first-order valence-electron chi connectivity index (χ1n) is 12.9. The Bertz CT molecular complexity index is 1210. The number of nitrogens with zero attached hydrogens (tertiary/aromatic N) is 5. The van der Waals surface area contributed by atoms with Crippen molar-refractivity contribution in [2.75, 3.05) is 69.3 Å². The van der Waals surface area contributed by atoms with Crippen LogP contribution in [-0.4, -0.2) is 84.8 Å². The Hall–Kier alpha value is -3.59. The van der Waals surface area contributed by atoms with Crippen LogP contribution in [-0.2, 0) is 4.74 Å². The summed E-state index contributed by atoms with van der Waals surface area (Å²) in [5.41, 5.74) is 10.0. The van der Waals surface area contributed by atoms with Gasteiger partial charge in [-0.25, -0.2) is 14.8 Å². The van der Waals surface area contributed by atoms with Gasteiger partial charge in [0.2, 0.25) is 0 Å². The molecule has 3 aromatic rings. The number of hydrogen-bond donors (Lipinski definition) is 2. The molecule has 1 aliphatic heterocycles. The largest absolute Gasteiger partial charge is 0.444 e. The highest BCUT2D eigenvalue weighted by molar-refractivity contribution is 5.95. The average molecular weight is 506 g/mol. The van der Waals surface area contributed by atoms with E-state index in [1.807, 2.05) is 51.2 Å². The number of piperazine rings is 1. The number of hydrogen-bond acceptors (Lipinski definition) is 8. The molecule has 1 saturated heterocycles. The van der Waals surface area contributed by atoms with Gasteiger partial charge < -0.3 is 30.5 Å². The number of nitrogens with two attached hydrogens (primary N) is 1. The smallest absolute Gasteiger partial charge is 0.410 e. The Morgan fingerprint density at radius 3 is 2.51 bits per heavy atom. The second-order valence-corrected chi connectivity index (χ2v) is 10.8. The van der Waals surface area contributed by atoms with Gasteiger partial charge in [0.25, 0.3) is 0 Å². The first kappa shape index (κ1) is 26.5. The van der Waals surface area contributed by atoms with Gasteiger partial charge in [-0.1, -0.05) is 0 Å². The van der Waals surface area contributed by atoms with Crippen LogP contribution in [0.25, 0.3) is 22.2 Å². The van der Waals surface area contributed by atoms with Crippen molar-refractivity contribution in [2.24, 2.45) is 0 Å². The summed E-state index contributed by atoms with van der Waals surface area (Å²) in [6.07, 6.45) is 2.65. The number of nitrogen functional groups attached to an aromatic ring is 1. The lowest BCUT2D eigenvalue weighted by Gasteiger charge is -2.36. The van der Waals surface area contributed by atoms with E-state index in [-0.39, 0.29) is 6.09 Å². The van der Waals surface area contributed by atoms with Gasteiger partial charge in [0.1, 0.15) is 11.4 Å². The van der Waals surface area contributed by atoms with E-state index in [2.05, 4.69) is 41.3 Å². The molecule has 0 unspecified atom stereocenters. The Labute approximate surface area is 219 Å². The van der Waals surface area contributed by atoms with E-state index in [4.69, 9.17) is 20.4 Å². The molecular weight excluding hydrogens is 466 g/mol. The molecule has 3 heterocycles. The van der Waals surface area contributed by atoms with E-state index < -0.39 is 5.60 Å². The molecule has 0 saturated carbocycles. The predicted molar refractivity (Wildman–Crippen MR) is 151 cm³/mol. The second kappa shape index (κ2) is 11.2. The van der Waals surface area contributed by atoms with Crippen molar-refractivity contribution in [2.45, 2.75) is 32.8 Å². The molecule has 2 aromatic heterocycles. The molecule has 1 fully saturated rings. The van der Waals surface area contributed by atoms with Crippen molar-refractivity contribution in [3.05, 3.63) is 42.6 Å². The van der Waals surface area contributed by atoms with Crippen LogP contribution < -0.4 is 16.0 Å². The topological polar surface area (TPSA) is 99.8 Å². The molecule has 198 valence electrons. The van der Waals surface area contributed by atoms with Gasteiger partial charge in [0, 0.05) is 61.2 Å². The van der Waals surface area contributed by atoms with Crippen molar-refractivity contribution in [3.63, 3.8) is 0 Å². The van der Waals surface area contributed by atoms with Crippen LogP contribution in [0.15, 0.2) is 42.6 Å². The minimum Gasteiger partial charge on any atom is -0.444 e. The second-order valence-electron chi connectivity index (χ2n) is 10.8. The summed E-state index contributed by atoms with van der Waals surface area (Å²) in [5, 5.41) is 4.59. The monoisotopic (exact) mass is 505 g/mol. The van der Waals surface area contributed by atoms with E-state index in [0.29, 0.717) is 26.2 Å². The van der Waals surface area contributed by atoms with Crippen molar-refractivity contribution < 1.29 is 9.53 Å². The molecule has 1 aromatic carbocycles. The first-order chi connectivity index (χ1) is 17.6. The zero-order chi connectivity index (χ0) is 26.6. The van der Waals surface area contributed by atoms with E-state index in [1.54, 1.807) is 4.90 Å². The molecule has 0 spiro atoms. The highest BCUT2D eigenvalue weighted by Crippen LogP contribution is 2.30. The average Bonchev–Trinajstić information content (AvgIpc) is 2.85. The number of carbonyl (C=O) groups excluding carboxylic acids is 1. The van der Waals surface area contributed by atoms with E-state index in [9.17, 15) is 4.79 Å². The quantitative estimate of drug-likeness (QED) is 0.362. The van der Waals surface area contributed by atoms with Gasteiger partial charge in [-0.05, 0) is 84.2 Å². The van der Waals surface area contributed by atoms with Crippen molar-refractivity contribution in [1.29, 1.82) is 0 Å². The van der Waals surface area contributed by atoms with E-state index >= 15 is 0 Å². The molecule has 0 aliphatic carbocycles. The Kier molecular flexibility index (Phi) is 8.02. The summed E-state index contributed by atoms with van der Waals surface area (Å²) >= 11 is 0. The third kappa shape index (κ3) is 7.01. The van der Waals surface area contributed by atoms with Gasteiger partial charge in [-0.2, -0.15) is 0 Å². The highest BCUT2D eigenvalue weighted by Gasteiger charge is 2.26. The number of benzene rings is 1. The third-order valence-electron chi connectivity index (χ3n) is 6.23. The maximum absolute atomic E-state index is 12.4. The lowest BCUT2D eigenvalue weighted by Crippen LogP contribution is -2.50. The molecule has 0 bridgehead atoms. The maximum atomic E-state index is 12.4. The summed E-state index contributed by atoms with van der Waals surface area (Å²) in [6, 6.07) is 12.0. The molecule has 0 radical (unpaired) electrons. The minimum absolute atomic E-state index is 0.259. The minimum atomic E-state index is -0.489. The SMILES string of the molecule is CN(C)CCCNc1cc(-c2ccc(N3CCN(C(=O)OC(C)(C)C)CC3)nc2)nc2ccc(N)cc12. The fraction of sp³-hybridized carbons (Fsp3) is 0.464. The molecule has 0 atom stereocenters. The van der Waals surface area contributed by atoms with E-state index in [0.717, 1.165) is 58.9 Å². The molecular formula is C28H39N7O2. The summed E-state index contributed by atoms with van der Waals surface area (Å²) in [5.74, 6) is 0.892. The zero-order valence-corrected chi connectivity index (χ0v) is 22.6. The normalized spacial score (nSPS) is 14.3. The molecule has 9 heteroatoms. The lowest BCUT2D eigenvalue weighted by molar-refractivity contribution is 0.0240. The molecule has 9 nitrogen and oxygen atoms in total. The zero-order valence-electron chi connectivity index (χ0n) is 22.6. The Morgan fingerprint density at radius 1 is 1.11 bits per heavy atom. The molecule has 4 rings (SSSR count). The highest BCUT2D eigenvalue weighted by atomic mass is 16.6. The molecule has 37 heavy (non-hydrogen) atoms. The number of fused-ring (bicyclic) bond motifs is 1. The molecule has 3 N–H and O–H groups in total.